The van der Waals surface area contributed by atoms with Crippen molar-refractivity contribution in [2.45, 2.75) is 13.8 Å². The number of halogens is 1. The van der Waals surface area contributed by atoms with Crippen LogP contribution in [0.15, 0.2) is 10.5 Å². The van der Waals surface area contributed by atoms with E-state index >= 15 is 0 Å². The summed E-state index contributed by atoms with van der Waals surface area (Å²) in [4.78, 5) is 10.3. The SMILES string of the molecule is Cc1cc(N)c(Br)c(C)c1[N+](=O)[O-]. The van der Waals surface area contributed by atoms with Crippen LogP contribution in [0.5, 0.6) is 0 Å². The Hall–Kier alpha value is -1.10. The van der Waals surface area contributed by atoms with Gasteiger partial charge in [0.15, 0.2) is 0 Å². The lowest BCUT2D eigenvalue weighted by Gasteiger charge is -2.06. The van der Waals surface area contributed by atoms with Crippen LogP contribution in [0.25, 0.3) is 0 Å². The van der Waals surface area contributed by atoms with E-state index in [0.29, 0.717) is 21.3 Å². The topological polar surface area (TPSA) is 69.2 Å². The van der Waals surface area contributed by atoms with Crippen LogP contribution in [-0.4, -0.2) is 4.92 Å². The molecular formula is C8H9BrN2O2. The maximum atomic E-state index is 10.7. The van der Waals surface area contributed by atoms with E-state index in [1.165, 1.54) is 0 Å². The van der Waals surface area contributed by atoms with Gasteiger partial charge in [-0.05, 0) is 35.8 Å². The van der Waals surface area contributed by atoms with Crippen molar-refractivity contribution in [2.75, 3.05) is 5.73 Å². The van der Waals surface area contributed by atoms with E-state index < -0.39 is 4.92 Å². The molecule has 0 unspecified atom stereocenters. The maximum Gasteiger partial charge on any atom is 0.276 e. The Morgan fingerprint density at radius 3 is 2.54 bits per heavy atom. The van der Waals surface area contributed by atoms with Crippen LogP contribution < -0.4 is 5.73 Å². The highest BCUT2D eigenvalue weighted by Crippen LogP contribution is 2.33. The van der Waals surface area contributed by atoms with Crippen LogP contribution in [0.3, 0.4) is 0 Å². The van der Waals surface area contributed by atoms with Crippen LogP contribution in [-0.2, 0) is 0 Å². The fourth-order valence-corrected chi connectivity index (χ4v) is 1.56. The first kappa shape index (κ1) is 9.98. The molecule has 0 fully saturated rings. The third kappa shape index (κ3) is 1.65. The number of hydrogen-bond acceptors (Lipinski definition) is 3. The first-order valence-electron chi connectivity index (χ1n) is 3.64. The summed E-state index contributed by atoms with van der Waals surface area (Å²) in [5.41, 5.74) is 7.43. The molecule has 0 aliphatic rings. The lowest BCUT2D eigenvalue weighted by molar-refractivity contribution is -0.386. The van der Waals surface area contributed by atoms with Crippen molar-refractivity contribution in [1.82, 2.24) is 0 Å². The van der Waals surface area contributed by atoms with Crippen molar-refractivity contribution in [2.24, 2.45) is 0 Å². The first-order chi connectivity index (χ1) is 5.95. The Morgan fingerprint density at radius 2 is 2.08 bits per heavy atom. The van der Waals surface area contributed by atoms with Gasteiger partial charge < -0.3 is 5.73 Å². The van der Waals surface area contributed by atoms with E-state index in [1.54, 1.807) is 19.9 Å². The van der Waals surface area contributed by atoms with Gasteiger partial charge in [0, 0.05) is 16.8 Å². The Bertz CT molecular complexity index is 377. The van der Waals surface area contributed by atoms with Crippen molar-refractivity contribution in [1.29, 1.82) is 0 Å². The molecule has 5 heteroatoms. The molecule has 0 saturated heterocycles. The number of nitrogen functional groups attached to an aromatic ring is 1. The summed E-state index contributed by atoms with van der Waals surface area (Å²) < 4.78 is 0.602. The molecule has 70 valence electrons. The Morgan fingerprint density at radius 1 is 1.54 bits per heavy atom. The Labute approximate surface area is 84.0 Å². The standard InChI is InChI=1S/C8H9BrN2O2/c1-4-3-6(10)7(9)5(2)8(4)11(12)13/h3H,10H2,1-2H3. The van der Waals surface area contributed by atoms with Gasteiger partial charge in [-0.2, -0.15) is 0 Å². The molecule has 1 aromatic rings. The number of hydrogen-bond donors (Lipinski definition) is 1. The number of rotatable bonds is 1. The number of benzene rings is 1. The maximum absolute atomic E-state index is 10.7. The third-order valence-electron chi connectivity index (χ3n) is 1.87. The predicted molar refractivity (Wildman–Crippen MR) is 54.7 cm³/mol. The second-order valence-corrected chi connectivity index (χ2v) is 3.62. The Kier molecular flexibility index (Phi) is 2.56. The van der Waals surface area contributed by atoms with Crippen LogP contribution in [0.2, 0.25) is 0 Å². The number of aryl methyl sites for hydroxylation is 1. The van der Waals surface area contributed by atoms with Gasteiger partial charge in [-0.1, -0.05) is 0 Å². The van der Waals surface area contributed by atoms with E-state index in [2.05, 4.69) is 15.9 Å². The second kappa shape index (κ2) is 3.33. The lowest BCUT2D eigenvalue weighted by atomic mass is 10.1. The van der Waals surface area contributed by atoms with Gasteiger partial charge in [0.05, 0.1) is 9.40 Å². The van der Waals surface area contributed by atoms with Crippen molar-refractivity contribution in [3.63, 3.8) is 0 Å². The molecule has 0 radical (unpaired) electrons. The summed E-state index contributed by atoms with van der Waals surface area (Å²) in [5.74, 6) is 0. The van der Waals surface area contributed by atoms with Crippen molar-refractivity contribution in [3.05, 3.63) is 31.8 Å². The van der Waals surface area contributed by atoms with Gasteiger partial charge >= 0.3 is 0 Å². The highest BCUT2D eigenvalue weighted by Gasteiger charge is 2.18. The number of nitrogens with zero attached hydrogens (tertiary/aromatic N) is 1. The highest BCUT2D eigenvalue weighted by atomic mass is 79.9. The second-order valence-electron chi connectivity index (χ2n) is 2.83. The summed E-state index contributed by atoms with van der Waals surface area (Å²) in [5, 5.41) is 10.7. The highest BCUT2D eigenvalue weighted by molar-refractivity contribution is 9.10. The van der Waals surface area contributed by atoms with Gasteiger partial charge in [0.25, 0.3) is 5.69 Å². The average molecular weight is 245 g/mol. The van der Waals surface area contributed by atoms with Crippen LogP contribution >= 0.6 is 15.9 Å². The average Bonchev–Trinajstić information content (AvgIpc) is 1.99. The molecule has 0 aliphatic heterocycles. The quantitative estimate of drug-likeness (QED) is 0.469. The smallest absolute Gasteiger partial charge is 0.276 e. The molecular weight excluding hydrogens is 236 g/mol. The van der Waals surface area contributed by atoms with Gasteiger partial charge in [0.2, 0.25) is 0 Å². The summed E-state index contributed by atoms with van der Waals surface area (Å²) in [6.45, 7) is 3.35. The molecule has 1 aromatic carbocycles. The number of nitrogens with two attached hydrogens (primary N) is 1. The van der Waals surface area contributed by atoms with E-state index in [9.17, 15) is 10.1 Å². The van der Waals surface area contributed by atoms with Crippen molar-refractivity contribution < 1.29 is 4.92 Å². The fraction of sp³-hybridized carbons (Fsp3) is 0.250. The van der Waals surface area contributed by atoms with Gasteiger partial charge in [-0.25, -0.2) is 0 Å². The molecule has 0 spiro atoms. The molecule has 0 bridgehead atoms. The van der Waals surface area contributed by atoms with Crippen molar-refractivity contribution in [3.8, 4) is 0 Å². The number of nitro benzene ring substituents is 1. The predicted octanol–water partition coefficient (Wildman–Crippen LogP) is 2.56. The molecule has 0 aliphatic carbocycles. The van der Waals surface area contributed by atoms with E-state index in [1.807, 2.05) is 0 Å². The molecule has 0 aromatic heterocycles. The molecule has 4 nitrogen and oxygen atoms in total. The van der Waals surface area contributed by atoms with E-state index in [4.69, 9.17) is 5.73 Å². The summed E-state index contributed by atoms with van der Waals surface area (Å²) in [6, 6.07) is 1.59. The molecule has 2 N–H and O–H groups in total. The molecule has 1 rings (SSSR count). The molecule has 13 heavy (non-hydrogen) atoms. The summed E-state index contributed by atoms with van der Waals surface area (Å²) in [6.07, 6.45) is 0. The summed E-state index contributed by atoms with van der Waals surface area (Å²) >= 11 is 3.20. The zero-order valence-corrected chi connectivity index (χ0v) is 8.88. The number of anilines is 1. The van der Waals surface area contributed by atoms with Crippen LogP contribution in [0.1, 0.15) is 11.1 Å². The van der Waals surface area contributed by atoms with Gasteiger partial charge in [-0.3, -0.25) is 10.1 Å². The Balaban J connectivity index is 3.53. The molecule has 0 atom stereocenters. The zero-order chi connectivity index (χ0) is 10.2. The van der Waals surface area contributed by atoms with E-state index in [0.717, 1.165) is 0 Å². The van der Waals surface area contributed by atoms with Gasteiger partial charge in [-0.15, -0.1) is 0 Å². The monoisotopic (exact) mass is 244 g/mol. The first-order valence-corrected chi connectivity index (χ1v) is 4.44. The normalized spacial score (nSPS) is 10.1. The van der Waals surface area contributed by atoms with Gasteiger partial charge in [0.1, 0.15) is 0 Å². The van der Waals surface area contributed by atoms with Crippen molar-refractivity contribution >= 4 is 27.3 Å². The zero-order valence-electron chi connectivity index (χ0n) is 7.30. The molecule has 0 heterocycles. The fourth-order valence-electron chi connectivity index (χ4n) is 1.26. The largest absolute Gasteiger partial charge is 0.398 e. The minimum atomic E-state index is -0.394. The summed E-state index contributed by atoms with van der Waals surface area (Å²) in [7, 11) is 0. The van der Waals surface area contributed by atoms with Crippen LogP contribution in [0, 0.1) is 24.0 Å². The minimum absolute atomic E-state index is 0.126. The molecule has 0 amide bonds. The van der Waals surface area contributed by atoms with E-state index in [-0.39, 0.29) is 5.69 Å². The lowest BCUT2D eigenvalue weighted by Crippen LogP contribution is -1.99. The number of nitro groups is 1. The minimum Gasteiger partial charge on any atom is -0.398 e. The third-order valence-corrected chi connectivity index (χ3v) is 2.92. The van der Waals surface area contributed by atoms with Crippen LogP contribution in [0.4, 0.5) is 11.4 Å². The molecule has 0 saturated carbocycles.